The van der Waals surface area contributed by atoms with Crippen LogP contribution in [0.3, 0.4) is 0 Å². The van der Waals surface area contributed by atoms with Crippen molar-refractivity contribution in [3.63, 3.8) is 0 Å². The van der Waals surface area contributed by atoms with Crippen molar-refractivity contribution in [3.05, 3.63) is 47.0 Å². The van der Waals surface area contributed by atoms with E-state index in [1.54, 1.807) is 36.4 Å². The zero-order chi connectivity index (χ0) is 14.7. The molecular formula is C14H14ClN3O2. The molecule has 5 nitrogen and oxygen atoms in total. The molecule has 1 amide bonds. The highest BCUT2D eigenvalue weighted by molar-refractivity contribution is 6.32. The van der Waals surface area contributed by atoms with Crippen LogP contribution in [0.5, 0.6) is 5.75 Å². The van der Waals surface area contributed by atoms with Crippen LogP contribution in [-0.4, -0.2) is 13.0 Å². The fourth-order valence-electron chi connectivity index (χ4n) is 1.78. The molecule has 2 rings (SSSR count). The normalized spacial score (nSPS) is 10.1. The van der Waals surface area contributed by atoms with Crippen molar-refractivity contribution in [3.8, 4) is 5.75 Å². The molecule has 0 fully saturated rings. The fraction of sp³-hybridized carbons (Fsp3) is 0.0714. The molecule has 0 heterocycles. The van der Waals surface area contributed by atoms with Gasteiger partial charge in [-0.2, -0.15) is 0 Å². The maximum Gasteiger partial charge on any atom is 0.250 e. The lowest BCUT2D eigenvalue weighted by Gasteiger charge is -2.12. The summed E-state index contributed by atoms with van der Waals surface area (Å²) in [5.41, 5.74) is 13.1. The van der Waals surface area contributed by atoms with Crippen LogP contribution in [0.1, 0.15) is 10.4 Å². The largest absolute Gasteiger partial charge is 0.495 e. The molecule has 0 unspecified atom stereocenters. The molecule has 0 radical (unpaired) electrons. The van der Waals surface area contributed by atoms with Gasteiger partial charge in [-0.1, -0.05) is 17.7 Å². The molecule has 20 heavy (non-hydrogen) atoms. The number of rotatable bonds is 4. The van der Waals surface area contributed by atoms with Gasteiger partial charge in [-0.05, 0) is 24.3 Å². The highest BCUT2D eigenvalue weighted by atomic mass is 35.5. The second-order valence-electron chi connectivity index (χ2n) is 4.11. The van der Waals surface area contributed by atoms with Crippen LogP contribution < -0.4 is 21.5 Å². The maximum absolute atomic E-state index is 11.2. The topological polar surface area (TPSA) is 90.4 Å². The highest BCUT2D eigenvalue weighted by Crippen LogP contribution is 2.31. The van der Waals surface area contributed by atoms with Gasteiger partial charge in [0.05, 0.1) is 29.1 Å². The smallest absolute Gasteiger partial charge is 0.250 e. The average Bonchev–Trinajstić information content (AvgIpc) is 2.42. The van der Waals surface area contributed by atoms with Crippen molar-refractivity contribution >= 4 is 34.6 Å². The summed E-state index contributed by atoms with van der Waals surface area (Å²) in [5, 5.41) is 3.61. The van der Waals surface area contributed by atoms with Gasteiger partial charge in [-0.3, -0.25) is 4.79 Å². The van der Waals surface area contributed by atoms with E-state index < -0.39 is 5.91 Å². The van der Waals surface area contributed by atoms with Gasteiger partial charge in [0.2, 0.25) is 0 Å². The number of nitrogen functional groups attached to an aromatic ring is 1. The van der Waals surface area contributed by atoms with Crippen LogP contribution >= 0.6 is 11.6 Å². The molecule has 5 N–H and O–H groups in total. The summed E-state index contributed by atoms with van der Waals surface area (Å²) >= 11 is 5.96. The van der Waals surface area contributed by atoms with Crippen molar-refractivity contribution in [2.24, 2.45) is 5.73 Å². The zero-order valence-electron chi connectivity index (χ0n) is 10.8. The Morgan fingerprint density at radius 1 is 1.30 bits per heavy atom. The van der Waals surface area contributed by atoms with Crippen LogP contribution in [0.4, 0.5) is 17.1 Å². The molecular weight excluding hydrogens is 278 g/mol. The Labute approximate surface area is 121 Å². The molecule has 0 saturated carbocycles. The second-order valence-corrected chi connectivity index (χ2v) is 4.51. The number of hydrogen-bond donors (Lipinski definition) is 3. The number of hydrogen-bond acceptors (Lipinski definition) is 4. The standard InChI is InChI=1S/C14H14ClN3O2/c1-20-12-7-8(5-6-10(12)15)18-11-4-2-3-9(13(11)16)14(17)19/h2-7,18H,16H2,1H3,(H2,17,19). The summed E-state index contributed by atoms with van der Waals surface area (Å²) < 4.78 is 5.14. The summed E-state index contributed by atoms with van der Waals surface area (Å²) in [6.45, 7) is 0. The van der Waals surface area contributed by atoms with Crippen molar-refractivity contribution in [2.45, 2.75) is 0 Å². The van der Waals surface area contributed by atoms with Crippen molar-refractivity contribution in [1.29, 1.82) is 0 Å². The van der Waals surface area contributed by atoms with Gasteiger partial charge in [0.25, 0.3) is 5.91 Å². The fourth-order valence-corrected chi connectivity index (χ4v) is 1.98. The summed E-state index contributed by atoms with van der Waals surface area (Å²) in [4.78, 5) is 11.2. The van der Waals surface area contributed by atoms with Gasteiger partial charge in [-0.15, -0.1) is 0 Å². The predicted octanol–water partition coefficient (Wildman–Crippen LogP) is 2.77. The molecule has 6 heteroatoms. The molecule has 0 aliphatic carbocycles. The van der Waals surface area contributed by atoms with Crippen molar-refractivity contribution in [2.75, 3.05) is 18.2 Å². The number of methoxy groups -OCH3 is 1. The van der Waals surface area contributed by atoms with Gasteiger partial charge in [0, 0.05) is 11.8 Å². The number of halogens is 1. The molecule has 0 saturated heterocycles. The summed E-state index contributed by atoms with van der Waals surface area (Å²) in [7, 11) is 1.53. The van der Waals surface area contributed by atoms with E-state index in [0.717, 1.165) is 5.69 Å². The quantitative estimate of drug-likeness (QED) is 0.756. The molecule has 2 aromatic rings. The number of ether oxygens (including phenoxy) is 1. The molecule has 0 spiro atoms. The van der Waals surface area contributed by atoms with E-state index in [4.69, 9.17) is 27.8 Å². The van der Waals surface area contributed by atoms with Crippen LogP contribution in [0.2, 0.25) is 5.02 Å². The Balaban J connectivity index is 2.35. The molecule has 0 aliphatic heterocycles. The first kappa shape index (κ1) is 14.0. The zero-order valence-corrected chi connectivity index (χ0v) is 11.6. The lowest BCUT2D eigenvalue weighted by atomic mass is 10.1. The number of nitrogens with one attached hydrogen (secondary N) is 1. The Hall–Kier alpha value is -2.40. The van der Waals surface area contributed by atoms with Crippen LogP contribution in [0.15, 0.2) is 36.4 Å². The van der Waals surface area contributed by atoms with Crippen LogP contribution in [-0.2, 0) is 0 Å². The first-order valence-corrected chi connectivity index (χ1v) is 6.19. The first-order valence-electron chi connectivity index (χ1n) is 5.81. The van der Waals surface area contributed by atoms with Gasteiger partial charge in [0.15, 0.2) is 0 Å². The van der Waals surface area contributed by atoms with Crippen LogP contribution in [0.25, 0.3) is 0 Å². The summed E-state index contributed by atoms with van der Waals surface area (Å²) in [6.07, 6.45) is 0. The van der Waals surface area contributed by atoms with E-state index in [1.165, 1.54) is 7.11 Å². The summed E-state index contributed by atoms with van der Waals surface area (Å²) in [6, 6.07) is 10.2. The number of primary amides is 1. The van der Waals surface area contributed by atoms with Crippen molar-refractivity contribution < 1.29 is 9.53 Å². The molecule has 104 valence electrons. The number of anilines is 3. The predicted molar refractivity (Wildman–Crippen MR) is 80.7 cm³/mol. The third-order valence-electron chi connectivity index (χ3n) is 2.80. The third kappa shape index (κ3) is 2.78. The monoisotopic (exact) mass is 291 g/mol. The number of para-hydroxylation sites is 1. The lowest BCUT2D eigenvalue weighted by Crippen LogP contribution is -2.14. The lowest BCUT2D eigenvalue weighted by molar-refractivity contribution is 0.100. The molecule has 0 aromatic heterocycles. The Bertz CT molecular complexity index is 659. The number of carbonyl (C=O) groups is 1. The molecule has 0 bridgehead atoms. The first-order chi connectivity index (χ1) is 9.52. The third-order valence-corrected chi connectivity index (χ3v) is 3.11. The van der Waals surface area contributed by atoms with E-state index in [9.17, 15) is 4.79 Å². The van der Waals surface area contributed by atoms with Gasteiger partial charge >= 0.3 is 0 Å². The van der Waals surface area contributed by atoms with Gasteiger partial charge in [0.1, 0.15) is 5.75 Å². The number of benzene rings is 2. The Morgan fingerprint density at radius 3 is 2.70 bits per heavy atom. The molecule has 0 aliphatic rings. The van der Waals surface area contributed by atoms with E-state index in [0.29, 0.717) is 22.1 Å². The number of amides is 1. The van der Waals surface area contributed by atoms with E-state index >= 15 is 0 Å². The Morgan fingerprint density at radius 2 is 2.05 bits per heavy atom. The van der Waals surface area contributed by atoms with Crippen LogP contribution in [0, 0.1) is 0 Å². The van der Waals surface area contributed by atoms with Gasteiger partial charge < -0.3 is 21.5 Å². The minimum absolute atomic E-state index is 0.274. The highest BCUT2D eigenvalue weighted by Gasteiger charge is 2.10. The maximum atomic E-state index is 11.2. The second kappa shape index (κ2) is 5.71. The molecule has 0 atom stereocenters. The minimum atomic E-state index is -0.570. The van der Waals surface area contributed by atoms with Gasteiger partial charge in [-0.25, -0.2) is 0 Å². The van der Waals surface area contributed by atoms with E-state index in [2.05, 4.69) is 5.32 Å². The summed E-state index contributed by atoms with van der Waals surface area (Å²) in [5.74, 6) is -0.0267. The van der Waals surface area contributed by atoms with E-state index in [1.807, 2.05) is 0 Å². The number of carbonyl (C=O) groups excluding carboxylic acids is 1. The van der Waals surface area contributed by atoms with Crippen molar-refractivity contribution in [1.82, 2.24) is 0 Å². The molecule has 2 aromatic carbocycles. The van der Waals surface area contributed by atoms with E-state index in [-0.39, 0.29) is 5.56 Å². The Kier molecular flexibility index (Phi) is 4.00. The average molecular weight is 292 g/mol. The minimum Gasteiger partial charge on any atom is -0.495 e. The number of nitrogens with two attached hydrogens (primary N) is 2. The SMILES string of the molecule is COc1cc(Nc2cccc(C(N)=O)c2N)ccc1Cl.